The third kappa shape index (κ3) is 2.62. The van der Waals surface area contributed by atoms with Gasteiger partial charge in [-0.2, -0.15) is 0 Å². The summed E-state index contributed by atoms with van der Waals surface area (Å²) in [7, 11) is 0. The summed E-state index contributed by atoms with van der Waals surface area (Å²) in [5.41, 5.74) is 2.27. The van der Waals surface area contributed by atoms with Crippen molar-refractivity contribution in [2.45, 2.75) is 18.9 Å². The molecule has 0 unspecified atom stereocenters. The zero-order chi connectivity index (χ0) is 10.1. The van der Waals surface area contributed by atoms with E-state index in [0.717, 1.165) is 10.8 Å². The van der Waals surface area contributed by atoms with Gasteiger partial charge in [-0.25, -0.2) is 4.98 Å². The predicted molar refractivity (Wildman–Crippen MR) is 74.5 cm³/mol. The summed E-state index contributed by atoms with van der Waals surface area (Å²) < 4.78 is 0. The van der Waals surface area contributed by atoms with Gasteiger partial charge in [0, 0.05) is 17.0 Å². The van der Waals surface area contributed by atoms with E-state index in [4.69, 9.17) is 0 Å². The minimum absolute atomic E-state index is 0. The average Bonchev–Trinajstić information content (AvgIpc) is 2.96. The fourth-order valence-corrected chi connectivity index (χ4v) is 2.28. The van der Waals surface area contributed by atoms with Gasteiger partial charge in [0.2, 0.25) is 0 Å². The largest absolute Gasteiger partial charge is 0.359 e. The first-order chi connectivity index (χ1) is 7.42. The number of nitrogens with one attached hydrogen (secondary N) is 1. The van der Waals surface area contributed by atoms with Gasteiger partial charge in [-0.1, -0.05) is 30.3 Å². The first kappa shape index (κ1) is 11.6. The minimum atomic E-state index is 0. The van der Waals surface area contributed by atoms with Crippen molar-refractivity contribution >= 4 is 33.4 Å². The van der Waals surface area contributed by atoms with Gasteiger partial charge >= 0.3 is 0 Å². The Morgan fingerprint density at radius 3 is 2.62 bits per heavy atom. The van der Waals surface area contributed by atoms with Gasteiger partial charge in [-0.3, -0.25) is 0 Å². The molecular weight excluding hydrogens is 284 g/mol. The van der Waals surface area contributed by atoms with Gasteiger partial charge in [0.25, 0.3) is 0 Å². The molecule has 1 aliphatic rings. The van der Waals surface area contributed by atoms with Crippen LogP contribution in [0.5, 0.6) is 0 Å². The topological polar surface area (TPSA) is 24.9 Å². The Bertz CT molecular complexity index is 451. The summed E-state index contributed by atoms with van der Waals surface area (Å²) in [5.74, 6) is 0. The van der Waals surface area contributed by atoms with Crippen molar-refractivity contribution in [3.05, 3.63) is 35.7 Å². The van der Waals surface area contributed by atoms with Crippen LogP contribution in [0.1, 0.15) is 12.8 Å². The van der Waals surface area contributed by atoms with Crippen molar-refractivity contribution in [2.75, 3.05) is 5.32 Å². The van der Waals surface area contributed by atoms with Crippen LogP contribution in [0.15, 0.2) is 35.7 Å². The number of benzene rings is 1. The van der Waals surface area contributed by atoms with Crippen LogP contribution in [-0.4, -0.2) is 11.0 Å². The van der Waals surface area contributed by atoms with Crippen LogP contribution in [0.4, 0.5) is 5.13 Å². The lowest BCUT2D eigenvalue weighted by Gasteiger charge is -1.97. The monoisotopic (exact) mass is 296 g/mol. The molecule has 1 N–H and O–H groups in total. The third-order valence-electron chi connectivity index (χ3n) is 2.48. The zero-order valence-corrected chi connectivity index (χ0v) is 11.2. The third-order valence-corrected chi connectivity index (χ3v) is 3.25. The highest BCUT2D eigenvalue weighted by molar-refractivity contribution is 8.93. The summed E-state index contributed by atoms with van der Waals surface area (Å²) in [6.07, 6.45) is 2.58. The molecule has 0 aliphatic heterocycles. The molecule has 2 aromatic rings. The summed E-state index contributed by atoms with van der Waals surface area (Å²) >= 11 is 1.69. The Morgan fingerprint density at radius 1 is 1.19 bits per heavy atom. The summed E-state index contributed by atoms with van der Waals surface area (Å²) in [6.45, 7) is 0. The van der Waals surface area contributed by atoms with E-state index < -0.39 is 0 Å². The second-order valence-electron chi connectivity index (χ2n) is 3.82. The predicted octanol–water partition coefficient (Wildman–Crippen LogP) is 3.96. The fraction of sp³-hybridized carbons (Fsp3) is 0.250. The van der Waals surface area contributed by atoms with Gasteiger partial charge in [0.15, 0.2) is 5.13 Å². The number of halogens is 1. The molecule has 16 heavy (non-hydrogen) atoms. The van der Waals surface area contributed by atoms with Gasteiger partial charge in [-0.05, 0) is 12.8 Å². The summed E-state index contributed by atoms with van der Waals surface area (Å²) in [6, 6.07) is 11.0. The normalized spacial score (nSPS) is 14.2. The Morgan fingerprint density at radius 2 is 1.94 bits per heavy atom. The molecule has 2 nitrogen and oxygen atoms in total. The second-order valence-corrected chi connectivity index (χ2v) is 4.68. The Labute approximate surface area is 110 Å². The van der Waals surface area contributed by atoms with Gasteiger partial charge < -0.3 is 5.32 Å². The number of hydrogen-bond acceptors (Lipinski definition) is 3. The smallest absolute Gasteiger partial charge is 0.183 e. The summed E-state index contributed by atoms with van der Waals surface area (Å²) in [5, 5.41) is 6.58. The zero-order valence-electron chi connectivity index (χ0n) is 8.72. The Kier molecular flexibility index (Phi) is 3.61. The SMILES string of the molecule is Br.c1ccc(-c2csc(NC3CC3)n2)cc1. The number of anilines is 1. The fourth-order valence-electron chi connectivity index (χ4n) is 1.48. The number of rotatable bonds is 3. The molecule has 0 radical (unpaired) electrons. The quantitative estimate of drug-likeness (QED) is 0.927. The standard InChI is InChI=1S/C12H12N2S.BrH/c1-2-4-9(5-3-1)11-8-15-12(14-11)13-10-6-7-10;/h1-5,8,10H,6-7H2,(H,13,14);1H. The maximum absolute atomic E-state index is 4.57. The number of thiazole rings is 1. The van der Waals surface area contributed by atoms with E-state index in [0.29, 0.717) is 6.04 Å². The molecule has 84 valence electrons. The van der Waals surface area contributed by atoms with E-state index in [-0.39, 0.29) is 17.0 Å². The first-order valence-electron chi connectivity index (χ1n) is 5.19. The Balaban J connectivity index is 0.000000963. The van der Waals surface area contributed by atoms with Crippen LogP contribution >= 0.6 is 28.3 Å². The van der Waals surface area contributed by atoms with Crippen molar-refractivity contribution in [3.8, 4) is 11.3 Å². The lowest BCUT2D eigenvalue weighted by atomic mass is 10.2. The molecule has 1 heterocycles. The molecule has 4 heteroatoms. The van der Waals surface area contributed by atoms with Crippen molar-refractivity contribution < 1.29 is 0 Å². The van der Waals surface area contributed by atoms with E-state index in [1.807, 2.05) is 18.2 Å². The highest BCUT2D eigenvalue weighted by Gasteiger charge is 2.21. The number of nitrogens with zero attached hydrogens (tertiary/aromatic N) is 1. The molecule has 0 saturated heterocycles. The van der Waals surface area contributed by atoms with Crippen LogP contribution < -0.4 is 5.32 Å². The first-order valence-corrected chi connectivity index (χ1v) is 6.07. The van der Waals surface area contributed by atoms with E-state index >= 15 is 0 Å². The van der Waals surface area contributed by atoms with E-state index in [1.54, 1.807) is 11.3 Å². The van der Waals surface area contributed by atoms with Crippen molar-refractivity contribution in [3.63, 3.8) is 0 Å². The molecule has 0 spiro atoms. The molecule has 1 aromatic heterocycles. The molecule has 1 saturated carbocycles. The van der Waals surface area contributed by atoms with Crippen LogP contribution in [0.25, 0.3) is 11.3 Å². The molecule has 1 fully saturated rings. The van der Waals surface area contributed by atoms with E-state index in [2.05, 4.69) is 27.8 Å². The molecule has 1 aromatic carbocycles. The second kappa shape index (κ2) is 4.97. The minimum Gasteiger partial charge on any atom is -0.359 e. The van der Waals surface area contributed by atoms with E-state index in [9.17, 15) is 0 Å². The van der Waals surface area contributed by atoms with Crippen molar-refractivity contribution in [1.82, 2.24) is 4.98 Å². The number of hydrogen-bond donors (Lipinski definition) is 1. The lowest BCUT2D eigenvalue weighted by Crippen LogP contribution is -1.99. The molecule has 0 atom stereocenters. The lowest BCUT2D eigenvalue weighted by molar-refractivity contribution is 1.14. The van der Waals surface area contributed by atoms with Crippen LogP contribution in [0.3, 0.4) is 0 Å². The summed E-state index contributed by atoms with van der Waals surface area (Å²) in [4.78, 5) is 4.57. The van der Waals surface area contributed by atoms with Crippen molar-refractivity contribution in [2.24, 2.45) is 0 Å². The molecule has 3 rings (SSSR count). The highest BCUT2D eigenvalue weighted by Crippen LogP contribution is 2.29. The molecule has 1 aliphatic carbocycles. The maximum Gasteiger partial charge on any atom is 0.183 e. The van der Waals surface area contributed by atoms with Crippen LogP contribution in [0, 0.1) is 0 Å². The van der Waals surface area contributed by atoms with E-state index in [1.165, 1.54) is 18.4 Å². The van der Waals surface area contributed by atoms with Gasteiger partial charge in [0.1, 0.15) is 0 Å². The maximum atomic E-state index is 4.57. The molecule has 0 bridgehead atoms. The van der Waals surface area contributed by atoms with Crippen molar-refractivity contribution in [1.29, 1.82) is 0 Å². The number of aromatic nitrogens is 1. The van der Waals surface area contributed by atoms with Gasteiger partial charge in [-0.15, -0.1) is 28.3 Å². The van der Waals surface area contributed by atoms with Gasteiger partial charge in [0.05, 0.1) is 5.69 Å². The average molecular weight is 297 g/mol. The molecular formula is C12H13BrN2S. The van der Waals surface area contributed by atoms with Crippen LogP contribution in [0.2, 0.25) is 0 Å². The van der Waals surface area contributed by atoms with Crippen LogP contribution in [-0.2, 0) is 0 Å². The highest BCUT2D eigenvalue weighted by atomic mass is 79.9. The molecule has 0 amide bonds. The Hall–Kier alpha value is -0.870.